The van der Waals surface area contributed by atoms with E-state index in [1.54, 1.807) is 0 Å². The van der Waals surface area contributed by atoms with Gasteiger partial charge in [-0.25, -0.2) is 0 Å². The van der Waals surface area contributed by atoms with Crippen molar-refractivity contribution in [3.8, 4) is 39.1 Å². The van der Waals surface area contributed by atoms with Gasteiger partial charge in [-0.05, 0) is 142 Å². The smallest absolute Gasteiger partial charge is 0.0547 e. The molecule has 11 aromatic rings. The number of hydrogen-bond acceptors (Lipinski definition) is 1. The lowest BCUT2D eigenvalue weighted by Gasteiger charge is -2.25. The Morgan fingerprint density at radius 3 is 1.76 bits per heavy atom. The van der Waals surface area contributed by atoms with Crippen LogP contribution in [0, 0.1) is 0 Å². The lowest BCUT2D eigenvalue weighted by molar-refractivity contribution is 0.852. The molecule has 0 bridgehead atoms. The number of hydrogen-bond donors (Lipinski definition) is 0. The number of aromatic nitrogens is 1. The first-order valence-corrected chi connectivity index (χ1v) is 24.1. The summed E-state index contributed by atoms with van der Waals surface area (Å²) < 4.78 is 2.43. The summed E-state index contributed by atoms with van der Waals surface area (Å²) in [4.78, 5) is 2.87. The van der Waals surface area contributed by atoms with Gasteiger partial charge in [0.15, 0.2) is 0 Å². The normalized spacial score (nSPS) is 15.3. The number of rotatable bonds is 5. The third-order valence-electron chi connectivity index (χ3n) is 14.6. The van der Waals surface area contributed by atoms with Crippen LogP contribution in [0.25, 0.3) is 105 Å². The molecule has 1 atom stereocenters. The number of thioether (sulfide) groups is 1. The minimum absolute atomic E-state index is 0.297. The summed E-state index contributed by atoms with van der Waals surface area (Å²) in [5.41, 5.74) is 18.7. The highest BCUT2D eigenvalue weighted by Gasteiger charge is 2.35. The number of nitrogens with zero attached hydrogens (tertiary/aromatic N) is 1. The van der Waals surface area contributed by atoms with Crippen LogP contribution in [0.3, 0.4) is 0 Å². The Bertz CT molecular complexity index is 3860. The lowest BCUT2D eigenvalue weighted by Crippen LogP contribution is -2.04. The zero-order valence-corrected chi connectivity index (χ0v) is 37.2. The minimum Gasteiger partial charge on any atom is -0.309 e. The van der Waals surface area contributed by atoms with E-state index in [0.29, 0.717) is 5.92 Å². The van der Waals surface area contributed by atoms with E-state index < -0.39 is 0 Å². The van der Waals surface area contributed by atoms with Crippen molar-refractivity contribution in [3.63, 3.8) is 0 Å². The second-order valence-electron chi connectivity index (χ2n) is 18.1. The zero-order chi connectivity index (χ0) is 43.3. The molecule has 0 saturated carbocycles. The van der Waals surface area contributed by atoms with Crippen LogP contribution in [0.15, 0.2) is 222 Å². The molecule has 3 aliphatic rings. The summed E-state index contributed by atoms with van der Waals surface area (Å²) in [5, 5.41) is 10.4. The molecule has 0 N–H and O–H groups in total. The molecule has 2 aliphatic carbocycles. The monoisotopic (exact) mass is 857 g/mol. The number of benzene rings is 10. The molecule has 2 heterocycles. The molecule has 0 radical (unpaired) electrons. The molecular weight excluding hydrogens is 815 g/mol. The summed E-state index contributed by atoms with van der Waals surface area (Å²) in [6, 6.07) is 72.2. The van der Waals surface area contributed by atoms with E-state index in [-0.39, 0.29) is 0 Å². The second-order valence-corrected chi connectivity index (χ2v) is 19.2. The van der Waals surface area contributed by atoms with Crippen molar-refractivity contribution in [2.24, 2.45) is 0 Å². The van der Waals surface area contributed by atoms with Crippen LogP contribution in [0.4, 0.5) is 0 Å². The van der Waals surface area contributed by atoms with Gasteiger partial charge < -0.3 is 4.57 Å². The summed E-state index contributed by atoms with van der Waals surface area (Å²) in [6.07, 6.45) is 12.7. The van der Waals surface area contributed by atoms with Crippen LogP contribution in [-0.4, -0.2) is 4.57 Å². The van der Waals surface area contributed by atoms with E-state index >= 15 is 0 Å². The van der Waals surface area contributed by atoms with Crippen molar-refractivity contribution in [1.82, 2.24) is 4.57 Å². The molecule has 0 saturated heterocycles. The summed E-state index contributed by atoms with van der Waals surface area (Å²) in [6.45, 7) is 0. The van der Waals surface area contributed by atoms with E-state index in [4.69, 9.17) is 0 Å². The highest BCUT2D eigenvalue weighted by atomic mass is 32.2. The number of allylic oxidation sites excluding steroid dienone is 5. The molecule has 2 heteroatoms. The summed E-state index contributed by atoms with van der Waals surface area (Å²) in [7, 11) is 0. The first kappa shape index (κ1) is 37.7. The second kappa shape index (κ2) is 15.0. The van der Waals surface area contributed by atoms with Gasteiger partial charge in [-0.15, -0.1) is 0 Å². The Morgan fingerprint density at radius 2 is 1.03 bits per heavy atom. The molecule has 1 unspecified atom stereocenters. The Kier molecular flexibility index (Phi) is 8.54. The molecule has 310 valence electrons. The van der Waals surface area contributed by atoms with Crippen molar-refractivity contribution in [2.45, 2.75) is 30.1 Å². The third kappa shape index (κ3) is 5.55. The van der Waals surface area contributed by atoms with Crippen LogP contribution in [0.2, 0.25) is 0 Å². The molecule has 0 fully saturated rings. The summed E-state index contributed by atoms with van der Waals surface area (Å²) in [5.74, 6) is 0.297. The fraction of sp³-hybridized carbons (Fsp3) is 0.0625. The predicted molar refractivity (Wildman–Crippen MR) is 283 cm³/mol. The van der Waals surface area contributed by atoms with Gasteiger partial charge in [0, 0.05) is 27.3 Å². The predicted octanol–water partition coefficient (Wildman–Crippen LogP) is 17.8. The molecule has 66 heavy (non-hydrogen) atoms. The van der Waals surface area contributed by atoms with Gasteiger partial charge in [0.2, 0.25) is 0 Å². The molecule has 0 amide bonds. The van der Waals surface area contributed by atoms with Crippen molar-refractivity contribution in [2.75, 3.05) is 0 Å². The van der Waals surface area contributed by atoms with Crippen molar-refractivity contribution in [1.29, 1.82) is 0 Å². The highest BCUT2D eigenvalue weighted by molar-refractivity contribution is 8.03. The summed E-state index contributed by atoms with van der Waals surface area (Å²) >= 11 is 2.00. The van der Waals surface area contributed by atoms with Crippen LogP contribution in [0.5, 0.6) is 0 Å². The van der Waals surface area contributed by atoms with E-state index in [1.807, 2.05) is 11.8 Å². The average molecular weight is 858 g/mol. The maximum atomic E-state index is 2.45. The van der Waals surface area contributed by atoms with Gasteiger partial charge in [-0.1, -0.05) is 206 Å². The molecular formula is C64H43NS. The van der Waals surface area contributed by atoms with Crippen molar-refractivity contribution >= 4 is 77.5 Å². The largest absolute Gasteiger partial charge is 0.309 e. The average Bonchev–Trinajstić information content (AvgIpc) is 3.94. The maximum absolute atomic E-state index is 2.45. The minimum atomic E-state index is 0.297. The van der Waals surface area contributed by atoms with Gasteiger partial charge in [0.25, 0.3) is 0 Å². The van der Waals surface area contributed by atoms with Crippen LogP contribution >= 0.6 is 11.8 Å². The molecule has 14 rings (SSSR count). The lowest BCUT2D eigenvalue weighted by atomic mass is 9.78. The molecule has 1 aromatic heterocycles. The van der Waals surface area contributed by atoms with Crippen LogP contribution < -0.4 is 0 Å². The first-order valence-electron chi connectivity index (χ1n) is 23.3. The molecule has 1 aliphatic heterocycles. The molecule has 1 nitrogen and oxygen atoms in total. The van der Waals surface area contributed by atoms with E-state index in [9.17, 15) is 0 Å². The standard InChI is InChI=1S/C64H43NS/c1-3-19-40(20-4-1)59-43-23-7-13-29-49(43)62(50-30-14-8-24-44(50)59)54-34-17-32-51-55-39-41(37-38-58(55)66-64(51)54)60-45-25-9-11-27-47(45)61(48-28-12-10-26-46(48)60)53-33-18-36-57-63(53)52-31-15-16-35-56(52)65(57)42-21-5-2-6-22-42/h1-13,15-29,31-38,55H,14,30,39H2. The Morgan fingerprint density at radius 1 is 0.455 bits per heavy atom. The fourth-order valence-corrected chi connectivity index (χ4v) is 13.3. The Balaban J connectivity index is 0.930. The van der Waals surface area contributed by atoms with Crippen LogP contribution in [-0.2, 0) is 6.42 Å². The van der Waals surface area contributed by atoms with E-state index in [2.05, 4.69) is 223 Å². The third-order valence-corrected chi connectivity index (χ3v) is 15.9. The number of fused-ring (bicyclic) bond motifs is 10. The highest BCUT2D eigenvalue weighted by Crippen LogP contribution is 2.59. The molecule has 10 aromatic carbocycles. The topological polar surface area (TPSA) is 4.93 Å². The van der Waals surface area contributed by atoms with Gasteiger partial charge >= 0.3 is 0 Å². The van der Waals surface area contributed by atoms with Crippen molar-refractivity contribution < 1.29 is 0 Å². The molecule has 0 spiro atoms. The Hall–Kier alpha value is -7.65. The number of para-hydroxylation sites is 2. The van der Waals surface area contributed by atoms with Crippen molar-refractivity contribution in [3.05, 3.63) is 240 Å². The first-order chi connectivity index (χ1) is 32.8. The fourth-order valence-electron chi connectivity index (χ4n) is 12.0. The SMILES string of the molecule is C1=Cc2c(c(-c3cccc4c3SC3=CC=C(c5c6ccccc6c(-c6cccc7c6c6ccccc6n7-c6ccccc6)c6ccccc56)CC34)c3ccccc3c2-c2ccccc2)CC1. The quantitative estimate of drug-likeness (QED) is 0.156. The van der Waals surface area contributed by atoms with Gasteiger partial charge in [-0.2, -0.15) is 0 Å². The van der Waals surface area contributed by atoms with E-state index in [0.717, 1.165) is 19.3 Å². The van der Waals surface area contributed by atoms with Gasteiger partial charge in [0.1, 0.15) is 0 Å². The Labute approximate surface area is 388 Å². The zero-order valence-electron chi connectivity index (χ0n) is 36.3. The van der Waals surface area contributed by atoms with E-state index in [1.165, 1.54) is 131 Å². The maximum Gasteiger partial charge on any atom is 0.0547 e. The van der Waals surface area contributed by atoms with Crippen LogP contribution in [0.1, 0.15) is 41.0 Å². The van der Waals surface area contributed by atoms with Gasteiger partial charge in [0.05, 0.1) is 11.0 Å². The van der Waals surface area contributed by atoms with Gasteiger partial charge in [-0.3, -0.25) is 0 Å².